The van der Waals surface area contributed by atoms with Crippen LogP contribution in [0.4, 0.5) is 10.5 Å². The zero-order valence-corrected chi connectivity index (χ0v) is 20.0. The summed E-state index contributed by atoms with van der Waals surface area (Å²) in [5, 5.41) is 14.4. The molecule has 0 bridgehead atoms. The maximum Gasteiger partial charge on any atom is 0.407 e. The van der Waals surface area contributed by atoms with Crippen LogP contribution < -0.4 is 10.6 Å². The van der Waals surface area contributed by atoms with Crippen molar-refractivity contribution in [3.8, 4) is 11.1 Å². The van der Waals surface area contributed by atoms with Gasteiger partial charge in [-0.15, -0.1) is 0 Å². The number of aromatic carboxylic acids is 1. The summed E-state index contributed by atoms with van der Waals surface area (Å²) < 4.78 is 5.96. The highest BCUT2D eigenvalue weighted by Crippen LogP contribution is 2.44. The molecule has 0 aromatic heterocycles. The number of nitrogens with one attached hydrogen (secondary N) is 2. The van der Waals surface area contributed by atoms with Crippen LogP contribution in [0.2, 0.25) is 0 Å². The van der Waals surface area contributed by atoms with Gasteiger partial charge in [0.25, 0.3) is 0 Å². The summed E-state index contributed by atoms with van der Waals surface area (Å²) in [6, 6.07) is 19.6. The highest BCUT2D eigenvalue weighted by atomic mass is 79.9. The van der Waals surface area contributed by atoms with E-state index in [4.69, 9.17) is 9.84 Å². The summed E-state index contributed by atoms with van der Waals surface area (Å²) >= 11 is 3.26. The Morgan fingerprint density at radius 1 is 1.00 bits per heavy atom. The van der Waals surface area contributed by atoms with Gasteiger partial charge >= 0.3 is 12.1 Å². The van der Waals surface area contributed by atoms with Crippen molar-refractivity contribution in [3.05, 3.63) is 87.9 Å². The molecule has 0 spiro atoms. The highest BCUT2D eigenvalue weighted by Gasteiger charge is 2.29. The quantitative estimate of drug-likeness (QED) is 0.385. The molecule has 1 aliphatic carbocycles. The molecule has 0 heterocycles. The number of amides is 2. The van der Waals surface area contributed by atoms with Crippen LogP contribution in [0.3, 0.4) is 0 Å². The van der Waals surface area contributed by atoms with Crippen molar-refractivity contribution in [3.63, 3.8) is 0 Å². The topological polar surface area (TPSA) is 105 Å². The van der Waals surface area contributed by atoms with Crippen LogP contribution in [-0.2, 0) is 9.53 Å². The molecular formula is C26H23BrN2O5. The summed E-state index contributed by atoms with van der Waals surface area (Å²) in [6.07, 6.45) is -0.329. The van der Waals surface area contributed by atoms with Crippen LogP contribution >= 0.6 is 15.9 Å². The van der Waals surface area contributed by atoms with E-state index in [0.29, 0.717) is 16.6 Å². The van der Waals surface area contributed by atoms with E-state index in [1.54, 1.807) is 6.92 Å². The summed E-state index contributed by atoms with van der Waals surface area (Å²) in [5.41, 5.74) is 4.98. The second-order valence-electron chi connectivity index (χ2n) is 7.92. The number of anilines is 1. The van der Waals surface area contributed by atoms with Gasteiger partial charge in [0.05, 0.1) is 11.3 Å². The Kier molecular flexibility index (Phi) is 6.98. The van der Waals surface area contributed by atoms with E-state index in [1.807, 2.05) is 36.4 Å². The van der Waals surface area contributed by atoms with Crippen LogP contribution in [0.1, 0.15) is 40.7 Å². The standard InChI is InChI=1S/C26H23BrN2O5/c1-2-22(24(30)28-23-12-11-15(25(31)32)13-21(23)27)29-26(33)34-14-20-18-9-5-3-7-16(18)17-8-4-6-10-19(17)20/h3-13,20,22H,2,14H2,1H3,(H,28,30)(H,29,33)(H,31,32)/t22-/m0/s1. The van der Waals surface area contributed by atoms with Gasteiger partial charge in [-0.05, 0) is 62.8 Å². The maximum absolute atomic E-state index is 12.7. The van der Waals surface area contributed by atoms with Crippen LogP contribution in [0.25, 0.3) is 11.1 Å². The van der Waals surface area contributed by atoms with Gasteiger partial charge < -0.3 is 20.5 Å². The molecule has 3 aromatic rings. The number of rotatable bonds is 7. The monoisotopic (exact) mass is 522 g/mol. The van der Waals surface area contributed by atoms with E-state index in [2.05, 4.69) is 38.7 Å². The predicted molar refractivity (Wildman–Crippen MR) is 132 cm³/mol. The van der Waals surface area contributed by atoms with Gasteiger partial charge in [0.15, 0.2) is 0 Å². The van der Waals surface area contributed by atoms with Crippen LogP contribution in [0.15, 0.2) is 71.2 Å². The molecule has 0 saturated carbocycles. The van der Waals surface area contributed by atoms with Crippen molar-refractivity contribution >= 4 is 39.6 Å². The Morgan fingerprint density at radius 2 is 1.62 bits per heavy atom. The minimum atomic E-state index is -1.07. The molecule has 0 fully saturated rings. The fraction of sp³-hybridized carbons (Fsp3) is 0.192. The Morgan fingerprint density at radius 3 is 2.18 bits per heavy atom. The lowest BCUT2D eigenvalue weighted by atomic mass is 9.98. The number of fused-ring (bicyclic) bond motifs is 3. The second kappa shape index (κ2) is 10.1. The van der Waals surface area contributed by atoms with E-state index in [9.17, 15) is 14.4 Å². The average molecular weight is 523 g/mol. The summed E-state index contributed by atoms with van der Waals surface area (Å²) in [7, 11) is 0. The number of carbonyl (C=O) groups excluding carboxylic acids is 2. The molecule has 0 radical (unpaired) electrons. The van der Waals surface area contributed by atoms with Crippen molar-refractivity contribution in [1.29, 1.82) is 0 Å². The molecule has 2 amide bonds. The van der Waals surface area contributed by atoms with Crippen molar-refractivity contribution in [2.75, 3.05) is 11.9 Å². The van der Waals surface area contributed by atoms with E-state index in [1.165, 1.54) is 18.2 Å². The predicted octanol–water partition coefficient (Wildman–Crippen LogP) is 5.40. The lowest BCUT2D eigenvalue weighted by Crippen LogP contribution is -2.43. The number of carboxylic acids is 1. The van der Waals surface area contributed by atoms with E-state index in [0.717, 1.165) is 22.3 Å². The Hall–Kier alpha value is -3.65. The smallest absolute Gasteiger partial charge is 0.407 e. The molecule has 4 rings (SSSR count). The van der Waals surface area contributed by atoms with Gasteiger partial charge in [-0.3, -0.25) is 4.79 Å². The number of hydrogen-bond acceptors (Lipinski definition) is 4. The van der Waals surface area contributed by atoms with E-state index in [-0.39, 0.29) is 18.1 Å². The molecule has 0 unspecified atom stereocenters. The minimum Gasteiger partial charge on any atom is -0.478 e. The third-order valence-electron chi connectivity index (χ3n) is 5.83. The molecule has 0 aliphatic heterocycles. The number of carboxylic acid groups (broad SMARTS) is 1. The molecular weight excluding hydrogens is 500 g/mol. The lowest BCUT2D eigenvalue weighted by Gasteiger charge is -2.19. The minimum absolute atomic E-state index is 0.0734. The van der Waals surface area contributed by atoms with Gasteiger partial charge in [0.2, 0.25) is 5.91 Å². The zero-order chi connectivity index (χ0) is 24.2. The van der Waals surface area contributed by atoms with Crippen molar-refractivity contribution in [2.45, 2.75) is 25.3 Å². The number of ether oxygens (including phenoxy) is 1. The van der Waals surface area contributed by atoms with E-state index >= 15 is 0 Å². The fourth-order valence-corrected chi connectivity index (χ4v) is 4.58. The first kappa shape index (κ1) is 23.5. The Bertz CT molecular complexity index is 1210. The zero-order valence-electron chi connectivity index (χ0n) is 18.4. The Balaban J connectivity index is 1.39. The molecule has 1 atom stereocenters. The third kappa shape index (κ3) is 4.82. The highest BCUT2D eigenvalue weighted by molar-refractivity contribution is 9.10. The van der Waals surface area contributed by atoms with E-state index < -0.39 is 24.0 Å². The average Bonchev–Trinajstić information content (AvgIpc) is 3.16. The van der Waals surface area contributed by atoms with Gasteiger partial charge in [-0.1, -0.05) is 55.5 Å². The molecule has 3 N–H and O–H groups in total. The first-order chi connectivity index (χ1) is 16.4. The summed E-state index contributed by atoms with van der Waals surface area (Å²) in [4.78, 5) is 36.4. The molecule has 3 aromatic carbocycles. The van der Waals surface area contributed by atoms with Crippen LogP contribution in [0, 0.1) is 0 Å². The lowest BCUT2D eigenvalue weighted by molar-refractivity contribution is -0.118. The largest absolute Gasteiger partial charge is 0.478 e. The SMILES string of the molecule is CC[C@H](NC(=O)OCC1c2ccccc2-c2ccccc21)C(=O)Nc1ccc(C(=O)O)cc1Br. The van der Waals surface area contributed by atoms with Gasteiger partial charge in [-0.2, -0.15) is 0 Å². The molecule has 34 heavy (non-hydrogen) atoms. The summed E-state index contributed by atoms with van der Waals surface area (Å²) in [5.74, 6) is -1.57. The molecule has 1 aliphatic rings. The normalized spacial score (nSPS) is 12.9. The first-order valence-corrected chi connectivity index (χ1v) is 11.6. The van der Waals surface area contributed by atoms with Crippen LogP contribution in [0.5, 0.6) is 0 Å². The molecule has 0 saturated heterocycles. The maximum atomic E-state index is 12.7. The Labute approximate surface area is 205 Å². The van der Waals surface area contributed by atoms with Crippen molar-refractivity contribution in [2.24, 2.45) is 0 Å². The number of alkyl carbamates (subject to hydrolysis) is 1. The summed E-state index contributed by atoms with van der Waals surface area (Å²) in [6.45, 7) is 1.93. The van der Waals surface area contributed by atoms with Gasteiger partial charge in [-0.25, -0.2) is 9.59 Å². The number of benzene rings is 3. The third-order valence-corrected chi connectivity index (χ3v) is 6.49. The fourth-order valence-electron chi connectivity index (χ4n) is 4.10. The van der Waals surface area contributed by atoms with Crippen molar-refractivity contribution < 1.29 is 24.2 Å². The first-order valence-electron chi connectivity index (χ1n) is 10.8. The van der Waals surface area contributed by atoms with Crippen LogP contribution in [-0.4, -0.2) is 35.7 Å². The number of halogens is 1. The molecule has 7 nitrogen and oxygen atoms in total. The van der Waals surface area contributed by atoms with Crippen molar-refractivity contribution in [1.82, 2.24) is 5.32 Å². The molecule has 8 heteroatoms. The molecule has 174 valence electrons. The number of hydrogen-bond donors (Lipinski definition) is 3. The van der Waals surface area contributed by atoms with Gasteiger partial charge in [0.1, 0.15) is 12.6 Å². The van der Waals surface area contributed by atoms with Gasteiger partial charge in [0, 0.05) is 10.4 Å². The number of carbonyl (C=O) groups is 3. The second-order valence-corrected chi connectivity index (χ2v) is 8.77.